The number of hydrogen-bond acceptors (Lipinski definition) is 3. The fourth-order valence-electron chi connectivity index (χ4n) is 3.12. The second-order valence-electron chi connectivity index (χ2n) is 6.27. The van der Waals surface area contributed by atoms with Gasteiger partial charge in [-0.1, -0.05) is 37.6 Å². The Labute approximate surface area is 147 Å². The molecule has 1 heterocycles. The highest BCUT2D eigenvalue weighted by Crippen LogP contribution is 2.33. The molecule has 0 amide bonds. The molecule has 1 N–H and O–H groups in total. The smallest absolute Gasteiger partial charge is 0.137 e. The Balaban J connectivity index is 1.99. The average molecular weight is 338 g/mol. The third kappa shape index (κ3) is 4.24. The van der Waals surface area contributed by atoms with Gasteiger partial charge >= 0.3 is 0 Å². The minimum atomic E-state index is -0.231. The van der Waals surface area contributed by atoms with Gasteiger partial charge < -0.3 is 5.32 Å². The molecule has 0 saturated heterocycles. The molecule has 0 aliphatic heterocycles. The molecule has 0 aliphatic rings. The van der Waals surface area contributed by atoms with Gasteiger partial charge in [0.25, 0.3) is 0 Å². The predicted molar refractivity (Wildman–Crippen MR) is 97.9 cm³/mol. The summed E-state index contributed by atoms with van der Waals surface area (Å²) >= 11 is 0. The van der Waals surface area contributed by atoms with Crippen LogP contribution < -0.4 is 5.32 Å². The van der Waals surface area contributed by atoms with Crippen molar-refractivity contribution in [2.24, 2.45) is 0 Å². The van der Waals surface area contributed by atoms with Crippen molar-refractivity contribution in [2.75, 3.05) is 5.32 Å². The number of anilines is 1. The maximum absolute atomic E-state index is 13.4. The van der Waals surface area contributed by atoms with Gasteiger partial charge in [-0.2, -0.15) is 5.10 Å². The van der Waals surface area contributed by atoms with Crippen LogP contribution in [0.1, 0.15) is 43.0 Å². The highest BCUT2D eigenvalue weighted by atomic mass is 19.1. The van der Waals surface area contributed by atoms with Gasteiger partial charge in [-0.05, 0) is 48.7 Å². The first-order chi connectivity index (χ1) is 12.2. The van der Waals surface area contributed by atoms with Crippen molar-refractivity contribution in [1.82, 2.24) is 14.8 Å². The Bertz CT molecular complexity index is 784. The summed E-state index contributed by atoms with van der Waals surface area (Å²) in [5.41, 5.74) is 3.25. The molecule has 4 nitrogen and oxygen atoms in total. The fourth-order valence-corrected chi connectivity index (χ4v) is 3.12. The van der Waals surface area contributed by atoms with Crippen molar-refractivity contribution < 1.29 is 4.39 Å². The summed E-state index contributed by atoms with van der Waals surface area (Å²) in [4.78, 5) is 4.10. The molecule has 0 radical (unpaired) electrons. The van der Waals surface area contributed by atoms with E-state index < -0.39 is 0 Å². The summed E-state index contributed by atoms with van der Waals surface area (Å²) in [5, 5.41) is 7.97. The van der Waals surface area contributed by atoms with Crippen molar-refractivity contribution in [3.8, 4) is 0 Å². The molecule has 2 aromatic carbocycles. The van der Waals surface area contributed by atoms with Crippen LogP contribution in [0.4, 0.5) is 10.1 Å². The van der Waals surface area contributed by atoms with E-state index in [1.54, 1.807) is 12.7 Å². The molecule has 0 fully saturated rings. The first-order valence-electron chi connectivity index (χ1n) is 8.60. The Morgan fingerprint density at radius 2 is 1.96 bits per heavy atom. The molecule has 2 unspecified atom stereocenters. The molecule has 0 saturated carbocycles. The number of hydrogen-bond donors (Lipinski definition) is 1. The first-order valence-corrected chi connectivity index (χ1v) is 8.60. The van der Waals surface area contributed by atoms with E-state index in [2.05, 4.69) is 41.4 Å². The summed E-state index contributed by atoms with van der Waals surface area (Å²) in [6.45, 7) is 4.22. The Morgan fingerprint density at radius 1 is 1.16 bits per heavy atom. The molecule has 1 aromatic heterocycles. The van der Waals surface area contributed by atoms with E-state index in [1.807, 2.05) is 28.9 Å². The number of rotatable bonds is 7. The monoisotopic (exact) mass is 338 g/mol. The molecule has 25 heavy (non-hydrogen) atoms. The minimum absolute atomic E-state index is 0.0379. The second-order valence-corrected chi connectivity index (χ2v) is 6.27. The number of nitrogens with one attached hydrogen (secondary N) is 1. The zero-order valence-corrected chi connectivity index (χ0v) is 14.6. The van der Waals surface area contributed by atoms with E-state index in [4.69, 9.17) is 0 Å². The number of aryl methyl sites for hydroxylation is 1. The van der Waals surface area contributed by atoms with Gasteiger partial charge in [0, 0.05) is 5.69 Å². The van der Waals surface area contributed by atoms with E-state index in [0.717, 1.165) is 24.1 Å². The molecular weight excluding hydrogens is 315 g/mol. The molecule has 0 bridgehead atoms. The van der Waals surface area contributed by atoms with E-state index >= 15 is 0 Å². The highest BCUT2D eigenvalue weighted by Gasteiger charge is 2.25. The Kier molecular flexibility index (Phi) is 5.43. The van der Waals surface area contributed by atoms with E-state index in [1.165, 1.54) is 17.7 Å². The SMILES string of the molecule is CCCC(C(Nc1cccc(C)c1)c1ccc(F)cc1)n1cncn1. The molecule has 3 rings (SSSR count). The number of halogens is 1. The summed E-state index contributed by atoms with van der Waals surface area (Å²) < 4.78 is 15.3. The largest absolute Gasteiger partial charge is 0.376 e. The van der Waals surface area contributed by atoms with Crippen LogP contribution in [-0.4, -0.2) is 14.8 Å². The lowest BCUT2D eigenvalue weighted by molar-refractivity contribution is 0.372. The van der Waals surface area contributed by atoms with Gasteiger partial charge in [-0.3, -0.25) is 0 Å². The number of nitrogens with zero attached hydrogens (tertiary/aromatic N) is 3. The minimum Gasteiger partial charge on any atom is -0.376 e. The van der Waals surface area contributed by atoms with Gasteiger partial charge in [0.1, 0.15) is 18.5 Å². The van der Waals surface area contributed by atoms with Gasteiger partial charge in [0.05, 0.1) is 12.1 Å². The predicted octanol–water partition coefficient (Wildman–Crippen LogP) is 4.92. The van der Waals surface area contributed by atoms with Crippen LogP contribution in [0.5, 0.6) is 0 Å². The number of aromatic nitrogens is 3. The lowest BCUT2D eigenvalue weighted by Crippen LogP contribution is -2.25. The van der Waals surface area contributed by atoms with Crippen molar-refractivity contribution >= 4 is 5.69 Å². The zero-order valence-electron chi connectivity index (χ0n) is 14.6. The normalized spacial score (nSPS) is 13.4. The first kappa shape index (κ1) is 17.1. The Hall–Kier alpha value is -2.69. The lowest BCUT2D eigenvalue weighted by Gasteiger charge is -2.29. The van der Waals surface area contributed by atoms with Crippen LogP contribution >= 0.6 is 0 Å². The molecular formula is C20H23FN4. The Morgan fingerprint density at radius 3 is 2.60 bits per heavy atom. The van der Waals surface area contributed by atoms with Crippen LogP contribution in [0.3, 0.4) is 0 Å². The van der Waals surface area contributed by atoms with E-state index in [0.29, 0.717) is 0 Å². The molecule has 3 aromatic rings. The lowest BCUT2D eigenvalue weighted by atomic mass is 9.95. The van der Waals surface area contributed by atoms with Crippen molar-refractivity contribution in [3.05, 3.63) is 78.1 Å². The molecule has 130 valence electrons. The summed E-state index contributed by atoms with van der Waals surface area (Å²) in [5.74, 6) is -0.231. The summed E-state index contributed by atoms with van der Waals surface area (Å²) in [6, 6.07) is 15.0. The van der Waals surface area contributed by atoms with Crippen LogP contribution in [0.15, 0.2) is 61.2 Å². The van der Waals surface area contributed by atoms with Crippen molar-refractivity contribution in [2.45, 2.75) is 38.8 Å². The topological polar surface area (TPSA) is 42.7 Å². The van der Waals surface area contributed by atoms with Crippen molar-refractivity contribution in [1.29, 1.82) is 0 Å². The molecule has 5 heteroatoms. The van der Waals surface area contributed by atoms with Gasteiger partial charge in [-0.15, -0.1) is 0 Å². The van der Waals surface area contributed by atoms with Crippen LogP contribution in [-0.2, 0) is 0 Å². The molecule has 0 spiro atoms. The summed E-state index contributed by atoms with van der Waals surface area (Å²) in [7, 11) is 0. The van der Waals surface area contributed by atoms with Gasteiger partial charge in [0.2, 0.25) is 0 Å². The zero-order chi connectivity index (χ0) is 17.6. The quantitative estimate of drug-likeness (QED) is 0.665. The van der Waals surface area contributed by atoms with E-state index in [-0.39, 0.29) is 17.9 Å². The van der Waals surface area contributed by atoms with Gasteiger partial charge in [-0.25, -0.2) is 14.1 Å². The molecule has 0 aliphatic carbocycles. The van der Waals surface area contributed by atoms with Crippen LogP contribution in [0.25, 0.3) is 0 Å². The van der Waals surface area contributed by atoms with Crippen LogP contribution in [0.2, 0.25) is 0 Å². The standard InChI is InChI=1S/C20H23FN4/c1-3-5-19(25-14-22-13-23-25)20(16-8-10-17(21)11-9-16)24-18-7-4-6-15(2)12-18/h4,6-14,19-20,24H,3,5H2,1-2H3. The van der Waals surface area contributed by atoms with Crippen molar-refractivity contribution in [3.63, 3.8) is 0 Å². The maximum Gasteiger partial charge on any atom is 0.137 e. The maximum atomic E-state index is 13.4. The number of benzene rings is 2. The third-order valence-electron chi connectivity index (χ3n) is 4.31. The van der Waals surface area contributed by atoms with Gasteiger partial charge in [0.15, 0.2) is 0 Å². The summed E-state index contributed by atoms with van der Waals surface area (Å²) in [6.07, 6.45) is 5.24. The van der Waals surface area contributed by atoms with E-state index in [9.17, 15) is 4.39 Å². The highest BCUT2D eigenvalue weighted by molar-refractivity contribution is 5.48. The third-order valence-corrected chi connectivity index (χ3v) is 4.31. The fraction of sp³-hybridized carbons (Fsp3) is 0.300. The molecule has 2 atom stereocenters. The van der Waals surface area contributed by atoms with Crippen LogP contribution in [0, 0.1) is 12.7 Å². The second kappa shape index (κ2) is 7.92. The average Bonchev–Trinajstić information content (AvgIpc) is 3.13.